The molecule has 0 aliphatic carbocycles. The van der Waals surface area contributed by atoms with Gasteiger partial charge >= 0.3 is 0 Å². The Morgan fingerprint density at radius 3 is 2.15 bits per heavy atom. The molecule has 3 rings (SSSR count). The van der Waals surface area contributed by atoms with Gasteiger partial charge in [0.2, 0.25) is 0 Å². The zero-order valence-electron chi connectivity index (χ0n) is 16.7. The summed E-state index contributed by atoms with van der Waals surface area (Å²) in [6, 6.07) is 18.2. The summed E-state index contributed by atoms with van der Waals surface area (Å²) < 4.78 is 5.99. The van der Waals surface area contributed by atoms with Crippen molar-refractivity contribution in [2.24, 2.45) is 0 Å². The average Bonchev–Trinajstić information content (AvgIpc) is 2.71. The second-order valence-electron chi connectivity index (χ2n) is 7.27. The number of hydrogen-bond acceptors (Lipinski definition) is 3. The van der Waals surface area contributed by atoms with Gasteiger partial charge in [-0.3, -0.25) is 0 Å². The van der Waals surface area contributed by atoms with E-state index < -0.39 is 0 Å². The molecule has 0 unspecified atom stereocenters. The van der Waals surface area contributed by atoms with E-state index in [1.807, 2.05) is 0 Å². The normalized spacial score (nSPS) is 16.2. The third-order valence-electron chi connectivity index (χ3n) is 5.02. The Balaban J connectivity index is 1.76. The lowest BCUT2D eigenvalue weighted by molar-refractivity contribution is 0.309. The molecule has 146 valence electrons. The van der Waals surface area contributed by atoms with Crippen LogP contribution in [0.2, 0.25) is 0 Å². The SMILES string of the molecule is CCCCOc1ccc(C2(Cc3ccc(CCC)cc3)SCCCS2)cc1. The fourth-order valence-electron chi connectivity index (χ4n) is 3.47. The first-order valence-electron chi connectivity index (χ1n) is 10.3. The average molecular weight is 401 g/mol. The number of unbranched alkanes of at least 4 members (excludes halogenated alkanes) is 1. The van der Waals surface area contributed by atoms with Crippen LogP contribution in [0, 0.1) is 0 Å². The van der Waals surface area contributed by atoms with Gasteiger partial charge in [0.05, 0.1) is 10.7 Å². The number of hydrogen-bond donors (Lipinski definition) is 0. The molecular formula is C24H32OS2. The van der Waals surface area contributed by atoms with Crippen LogP contribution >= 0.6 is 23.5 Å². The van der Waals surface area contributed by atoms with Crippen molar-refractivity contribution in [2.75, 3.05) is 18.1 Å². The minimum Gasteiger partial charge on any atom is -0.494 e. The Morgan fingerprint density at radius 1 is 0.852 bits per heavy atom. The Morgan fingerprint density at radius 2 is 1.52 bits per heavy atom. The molecule has 27 heavy (non-hydrogen) atoms. The van der Waals surface area contributed by atoms with Crippen LogP contribution in [0.3, 0.4) is 0 Å². The van der Waals surface area contributed by atoms with Gasteiger partial charge in [-0.15, -0.1) is 23.5 Å². The van der Waals surface area contributed by atoms with Gasteiger partial charge in [-0.05, 0) is 59.6 Å². The zero-order chi connectivity index (χ0) is 19.0. The van der Waals surface area contributed by atoms with Crippen LogP contribution in [0.25, 0.3) is 0 Å². The largest absolute Gasteiger partial charge is 0.494 e. The van der Waals surface area contributed by atoms with Crippen LogP contribution in [0.15, 0.2) is 48.5 Å². The van der Waals surface area contributed by atoms with E-state index in [2.05, 4.69) is 85.9 Å². The Hall–Kier alpha value is -1.06. The molecule has 0 bridgehead atoms. The summed E-state index contributed by atoms with van der Waals surface area (Å²) in [7, 11) is 0. The summed E-state index contributed by atoms with van der Waals surface area (Å²) in [5.74, 6) is 3.49. The summed E-state index contributed by atoms with van der Waals surface area (Å²) in [5.41, 5.74) is 4.32. The third kappa shape index (κ3) is 5.71. The van der Waals surface area contributed by atoms with E-state index in [1.165, 1.54) is 53.9 Å². The molecule has 0 N–H and O–H groups in total. The minimum absolute atomic E-state index is 0.131. The molecule has 1 saturated heterocycles. The summed E-state index contributed by atoms with van der Waals surface area (Å²) in [5, 5.41) is 0. The van der Waals surface area contributed by atoms with Crippen molar-refractivity contribution in [1.29, 1.82) is 0 Å². The molecular weight excluding hydrogens is 368 g/mol. The van der Waals surface area contributed by atoms with Gasteiger partial charge in [0.1, 0.15) is 5.75 Å². The molecule has 0 spiro atoms. The summed E-state index contributed by atoms with van der Waals surface area (Å²) >= 11 is 4.25. The summed E-state index contributed by atoms with van der Waals surface area (Å²) in [6.07, 6.45) is 7.07. The number of aryl methyl sites for hydroxylation is 1. The maximum absolute atomic E-state index is 5.86. The molecule has 1 heterocycles. The van der Waals surface area contributed by atoms with Crippen LogP contribution in [0.5, 0.6) is 5.75 Å². The number of rotatable bonds is 9. The maximum Gasteiger partial charge on any atom is 0.119 e. The van der Waals surface area contributed by atoms with Crippen molar-refractivity contribution in [2.45, 2.75) is 56.5 Å². The van der Waals surface area contributed by atoms with Gasteiger partial charge in [0, 0.05) is 6.42 Å². The lowest BCUT2D eigenvalue weighted by Crippen LogP contribution is -2.25. The molecule has 0 amide bonds. The molecule has 0 saturated carbocycles. The summed E-state index contributed by atoms with van der Waals surface area (Å²) in [4.78, 5) is 0. The first-order valence-corrected chi connectivity index (χ1v) is 12.3. The standard InChI is InChI=1S/C24H32OS2/c1-3-5-16-25-23-14-12-22(13-15-23)24(26-17-6-18-27-24)19-21-10-8-20(7-4-2)9-11-21/h8-15H,3-7,16-19H2,1-2H3. The highest BCUT2D eigenvalue weighted by atomic mass is 32.2. The van der Waals surface area contributed by atoms with E-state index in [0.29, 0.717) is 0 Å². The molecule has 0 aromatic heterocycles. The van der Waals surface area contributed by atoms with Crippen molar-refractivity contribution < 1.29 is 4.74 Å². The highest BCUT2D eigenvalue weighted by molar-refractivity contribution is 8.18. The molecule has 0 atom stereocenters. The molecule has 1 aliphatic heterocycles. The molecule has 1 aliphatic rings. The molecule has 2 aromatic rings. The second-order valence-corrected chi connectivity index (χ2v) is 10.3. The van der Waals surface area contributed by atoms with Crippen LogP contribution in [0.4, 0.5) is 0 Å². The molecule has 1 nitrogen and oxygen atoms in total. The number of thioether (sulfide) groups is 2. The molecule has 2 aromatic carbocycles. The van der Waals surface area contributed by atoms with E-state index in [9.17, 15) is 0 Å². The Labute approximate surface area is 173 Å². The molecule has 1 fully saturated rings. The van der Waals surface area contributed by atoms with Crippen molar-refractivity contribution in [3.05, 3.63) is 65.2 Å². The predicted molar refractivity (Wildman–Crippen MR) is 122 cm³/mol. The van der Waals surface area contributed by atoms with Gasteiger partial charge in [0.15, 0.2) is 0 Å². The van der Waals surface area contributed by atoms with Crippen LogP contribution in [-0.4, -0.2) is 18.1 Å². The van der Waals surface area contributed by atoms with Crippen LogP contribution in [0.1, 0.15) is 56.2 Å². The second kappa shape index (κ2) is 10.5. The van der Waals surface area contributed by atoms with Gasteiger partial charge in [-0.2, -0.15) is 0 Å². The van der Waals surface area contributed by atoms with Gasteiger partial charge in [-0.1, -0.05) is 63.1 Å². The molecule has 3 heteroatoms. The predicted octanol–water partition coefficient (Wildman–Crippen LogP) is 7.08. The molecule has 0 radical (unpaired) electrons. The smallest absolute Gasteiger partial charge is 0.119 e. The van der Waals surface area contributed by atoms with Crippen molar-refractivity contribution >= 4 is 23.5 Å². The third-order valence-corrected chi connectivity index (χ3v) is 8.40. The first kappa shape index (κ1) is 20.7. The minimum atomic E-state index is 0.131. The van der Waals surface area contributed by atoms with Crippen molar-refractivity contribution in [3.63, 3.8) is 0 Å². The maximum atomic E-state index is 5.86. The van der Waals surface area contributed by atoms with Gasteiger partial charge in [0.25, 0.3) is 0 Å². The van der Waals surface area contributed by atoms with E-state index in [-0.39, 0.29) is 4.08 Å². The number of ether oxygens (including phenoxy) is 1. The number of benzene rings is 2. The van der Waals surface area contributed by atoms with E-state index in [4.69, 9.17) is 4.74 Å². The van der Waals surface area contributed by atoms with E-state index in [0.717, 1.165) is 25.2 Å². The fraction of sp³-hybridized carbons (Fsp3) is 0.500. The van der Waals surface area contributed by atoms with Gasteiger partial charge < -0.3 is 4.74 Å². The van der Waals surface area contributed by atoms with Crippen LogP contribution < -0.4 is 4.74 Å². The Bertz CT molecular complexity index is 673. The lowest BCUT2D eigenvalue weighted by Gasteiger charge is -2.37. The lowest BCUT2D eigenvalue weighted by atomic mass is 10.0. The zero-order valence-corrected chi connectivity index (χ0v) is 18.3. The highest BCUT2D eigenvalue weighted by Gasteiger charge is 2.35. The fourth-order valence-corrected chi connectivity index (χ4v) is 6.86. The Kier molecular flexibility index (Phi) is 8.02. The van der Waals surface area contributed by atoms with E-state index in [1.54, 1.807) is 0 Å². The monoisotopic (exact) mass is 400 g/mol. The van der Waals surface area contributed by atoms with Crippen molar-refractivity contribution in [3.8, 4) is 5.75 Å². The topological polar surface area (TPSA) is 9.23 Å². The van der Waals surface area contributed by atoms with E-state index >= 15 is 0 Å². The quantitative estimate of drug-likeness (QED) is 0.416. The van der Waals surface area contributed by atoms with Gasteiger partial charge in [-0.25, -0.2) is 0 Å². The summed E-state index contributed by atoms with van der Waals surface area (Å²) in [6.45, 7) is 5.25. The highest BCUT2D eigenvalue weighted by Crippen LogP contribution is 2.52. The van der Waals surface area contributed by atoms with Crippen LogP contribution in [-0.2, 0) is 16.9 Å². The van der Waals surface area contributed by atoms with Crippen molar-refractivity contribution in [1.82, 2.24) is 0 Å². The first-order chi connectivity index (χ1) is 13.3.